The highest BCUT2D eigenvalue weighted by molar-refractivity contribution is 5.78. The van der Waals surface area contributed by atoms with Crippen LogP contribution in [-0.2, 0) is 36.2 Å². The van der Waals surface area contributed by atoms with Gasteiger partial charge in [0.05, 0.1) is 37.6 Å². The Morgan fingerprint density at radius 2 is 1.59 bits per heavy atom. The summed E-state index contributed by atoms with van der Waals surface area (Å²) in [7, 11) is 3.54. The Morgan fingerprint density at radius 1 is 0.878 bits per heavy atom. The molecule has 4 aromatic rings. The first-order chi connectivity index (χ1) is 19.9. The van der Waals surface area contributed by atoms with Gasteiger partial charge in [-0.2, -0.15) is 0 Å². The minimum atomic E-state index is -0.219. The number of methoxy groups -OCH3 is 1. The quantitative estimate of drug-likeness (QED) is 0.297. The van der Waals surface area contributed by atoms with Crippen molar-refractivity contribution >= 4 is 5.91 Å². The van der Waals surface area contributed by atoms with Crippen LogP contribution in [0, 0.1) is 6.92 Å². The molecule has 0 bridgehead atoms. The number of hydrogen-bond donors (Lipinski definition) is 0. The van der Waals surface area contributed by atoms with E-state index in [0.29, 0.717) is 38.3 Å². The first-order valence-electron chi connectivity index (χ1n) is 14.0. The lowest BCUT2D eigenvalue weighted by Gasteiger charge is -2.25. The molecule has 8 heteroatoms. The number of amides is 1. The smallest absolute Gasteiger partial charge is 0.276 e. The van der Waals surface area contributed by atoms with Crippen molar-refractivity contribution in [2.24, 2.45) is 7.05 Å². The van der Waals surface area contributed by atoms with E-state index in [0.717, 1.165) is 29.1 Å². The summed E-state index contributed by atoms with van der Waals surface area (Å²) in [5.74, 6) is 0.827. The number of nitrogens with zero attached hydrogens (tertiary/aromatic N) is 4. The van der Waals surface area contributed by atoms with Crippen LogP contribution in [0.15, 0.2) is 89.7 Å². The van der Waals surface area contributed by atoms with Gasteiger partial charge in [-0.1, -0.05) is 60.7 Å². The maximum absolute atomic E-state index is 13.6. The molecule has 1 amide bonds. The second-order valence-electron chi connectivity index (χ2n) is 10.6. The number of carbonyl (C=O) groups excluding carboxylic acids is 1. The predicted octanol–water partition coefficient (Wildman–Crippen LogP) is 3.97. The van der Waals surface area contributed by atoms with Crippen molar-refractivity contribution in [1.82, 2.24) is 19.2 Å². The third kappa shape index (κ3) is 6.78. The molecule has 0 unspecified atom stereocenters. The first-order valence-corrected chi connectivity index (χ1v) is 14.0. The number of aromatic nitrogens is 2. The lowest BCUT2D eigenvalue weighted by molar-refractivity contribution is -0.131. The molecule has 8 nitrogen and oxygen atoms in total. The summed E-state index contributed by atoms with van der Waals surface area (Å²) in [6.07, 6.45) is 0.554. The van der Waals surface area contributed by atoms with Gasteiger partial charge >= 0.3 is 0 Å². The Kier molecular flexibility index (Phi) is 9.01. The Hall–Kier alpha value is -4.14. The molecule has 214 valence electrons. The van der Waals surface area contributed by atoms with Crippen LogP contribution in [0.3, 0.4) is 0 Å². The van der Waals surface area contributed by atoms with E-state index in [4.69, 9.17) is 9.47 Å². The minimum Gasteiger partial charge on any atom is -0.497 e. The van der Waals surface area contributed by atoms with Gasteiger partial charge in [0.1, 0.15) is 5.75 Å². The maximum atomic E-state index is 13.6. The van der Waals surface area contributed by atoms with Gasteiger partial charge in [0.2, 0.25) is 5.91 Å². The van der Waals surface area contributed by atoms with Gasteiger partial charge < -0.3 is 14.4 Å². The summed E-state index contributed by atoms with van der Waals surface area (Å²) in [5.41, 5.74) is 4.51. The summed E-state index contributed by atoms with van der Waals surface area (Å²) in [5, 5.41) is 0. The van der Waals surface area contributed by atoms with Crippen molar-refractivity contribution in [1.29, 1.82) is 0 Å². The highest BCUT2D eigenvalue weighted by atomic mass is 16.5. The van der Waals surface area contributed by atoms with E-state index in [9.17, 15) is 9.59 Å². The molecule has 1 aliphatic rings. The average Bonchev–Trinajstić information content (AvgIpc) is 3.11. The Balaban J connectivity index is 1.37. The molecule has 0 spiro atoms. The van der Waals surface area contributed by atoms with Gasteiger partial charge in [0, 0.05) is 38.9 Å². The Morgan fingerprint density at radius 3 is 2.32 bits per heavy atom. The zero-order valence-corrected chi connectivity index (χ0v) is 24.0. The van der Waals surface area contributed by atoms with Crippen LogP contribution in [0.5, 0.6) is 5.75 Å². The van der Waals surface area contributed by atoms with Gasteiger partial charge in [-0.3, -0.25) is 19.2 Å². The summed E-state index contributed by atoms with van der Waals surface area (Å²) in [6.45, 7) is 4.61. The van der Waals surface area contributed by atoms with E-state index in [-0.39, 0.29) is 24.1 Å². The third-order valence-corrected chi connectivity index (χ3v) is 7.79. The summed E-state index contributed by atoms with van der Waals surface area (Å²) < 4.78 is 15.4. The van der Waals surface area contributed by atoms with Gasteiger partial charge in [-0.15, -0.1) is 0 Å². The molecule has 41 heavy (non-hydrogen) atoms. The fourth-order valence-corrected chi connectivity index (χ4v) is 5.41. The van der Waals surface area contributed by atoms with Crippen molar-refractivity contribution in [3.8, 4) is 11.4 Å². The fraction of sp³-hybridized carbons (Fsp3) is 0.333. The Labute approximate surface area is 241 Å². The topological polar surface area (TPSA) is 68.9 Å². The molecule has 0 aliphatic carbocycles. The van der Waals surface area contributed by atoms with E-state index in [1.54, 1.807) is 11.8 Å². The number of ether oxygens (including phenoxy) is 2. The molecule has 0 N–H and O–H groups in total. The largest absolute Gasteiger partial charge is 0.497 e. The van der Waals surface area contributed by atoms with Crippen LogP contribution >= 0.6 is 0 Å². The maximum Gasteiger partial charge on any atom is 0.276 e. The number of para-hydroxylation sites is 1. The van der Waals surface area contributed by atoms with Gasteiger partial charge in [-0.05, 0) is 48.7 Å². The summed E-state index contributed by atoms with van der Waals surface area (Å²) in [6, 6.07) is 27.7. The molecule has 2 heterocycles. The van der Waals surface area contributed by atoms with Crippen LogP contribution < -0.4 is 10.3 Å². The molecule has 5 rings (SSSR count). The standard InChI is InChI=1S/C33H38N4O4/c1-25-31(33(39)37(34(25)2)28-14-8-5-9-15-28)22-35-20-30(41-24-27-13-10-16-29(19-27)40-3)21-36(32(38)23-35)18-17-26-11-6-4-7-12-26/h4-16,19,30H,17-18,20-24H2,1-3H3/t30-/m1/s1. The molecule has 0 radical (unpaired) electrons. The van der Waals surface area contributed by atoms with Crippen LogP contribution in [0.1, 0.15) is 22.4 Å². The monoisotopic (exact) mass is 554 g/mol. The van der Waals surface area contributed by atoms with E-state index in [1.165, 1.54) is 5.56 Å². The first kappa shape index (κ1) is 28.4. The second-order valence-corrected chi connectivity index (χ2v) is 10.6. The van der Waals surface area contributed by atoms with E-state index in [2.05, 4.69) is 17.0 Å². The summed E-state index contributed by atoms with van der Waals surface area (Å²) >= 11 is 0. The molecule has 1 fully saturated rings. The zero-order valence-electron chi connectivity index (χ0n) is 24.0. The summed E-state index contributed by atoms with van der Waals surface area (Å²) in [4.78, 5) is 31.1. The molecule has 3 aromatic carbocycles. The average molecular weight is 555 g/mol. The number of benzene rings is 3. The molecule has 0 saturated carbocycles. The molecular formula is C33H38N4O4. The van der Waals surface area contributed by atoms with E-state index >= 15 is 0 Å². The second kappa shape index (κ2) is 13.0. The highest BCUT2D eigenvalue weighted by Crippen LogP contribution is 2.18. The number of hydrogen-bond acceptors (Lipinski definition) is 5. The highest BCUT2D eigenvalue weighted by Gasteiger charge is 2.30. The lowest BCUT2D eigenvalue weighted by atomic mass is 10.1. The third-order valence-electron chi connectivity index (χ3n) is 7.79. The van der Waals surface area contributed by atoms with Gasteiger partial charge in [0.15, 0.2) is 0 Å². The van der Waals surface area contributed by atoms with Crippen molar-refractivity contribution in [3.63, 3.8) is 0 Å². The molecule has 1 aromatic heterocycles. The molecule has 1 atom stereocenters. The van der Waals surface area contributed by atoms with Gasteiger partial charge in [0.25, 0.3) is 5.56 Å². The van der Waals surface area contributed by atoms with Crippen molar-refractivity contribution in [3.05, 3.63) is 118 Å². The van der Waals surface area contributed by atoms with Crippen LogP contribution in [0.4, 0.5) is 0 Å². The zero-order chi connectivity index (χ0) is 28.8. The lowest BCUT2D eigenvalue weighted by Crippen LogP contribution is -2.39. The van der Waals surface area contributed by atoms with Crippen molar-refractivity contribution in [2.45, 2.75) is 32.6 Å². The Bertz CT molecular complexity index is 1510. The normalized spacial score (nSPS) is 16.1. The minimum absolute atomic E-state index is 0.0466. The van der Waals surface area contributed by atoms with E-state index in [1.807, 2.05) is 96.3 Å². The van der Waals surface area contributed by atoms with Crippen LogP contribution in [0.25, 0.3) is 5.69 Å². The molecule has 1 saturated heterocycles. The predicted molar refractivity (Wildman–Crippen MR) is 159 cm³/mol. The van der Waals surface area contributed by atoms with Crippen LogP contribution in [0.2, 0.25) is 0 Å². The van der Waals surface area contributed by atoms with Crippen molar-refractivity contribution in [2.75, 3.05) is 33.3 Å². The van der Waals surface area contributed by atoms with Gasteiger partial charge in [-0.25, -0.2) is 4.68 Å². The van der Waals surface area contributed by atoms with Crippen molar-refractivity contribution < 1.29 is 14.3 Å². The molecular weight excluding hydrogens is 516 g/mol. The number of rotatable bonds is 10. The fourth-order valence-electron chi connectivity index (χ4n) is 5.41. The SMILES string of the molecule is COc1cccc(CO[C@@H]2CN(Cc3c(C)n(C)n(-c4ccccc4)c3=O)CC(=O)N(CCc3ccccc3)C2)c1. The molecule has 1 aliphatic heterocycles. The number of carbonyl (C=O) groups is 1. The van der Waals surface area contributed by atoms with E-state index < -0.39 is 0 Å². The van der Waals surface area contributed by atoms with Crippen LogP contribution in [-0.4, -0.2) is 64.5 Å².